The van der Waals surface area contributed by atoms with Crippen LogP contribution in [0.2, 0.25) is 0 Å². The first-order chi connectivity index (χ1) is 11.5. The van der Waals surface area contributed by atoms with Gasteiger partial charge in [0.05, 0.1) is 22.5 Å². The van der Waals surface area contributed by atoms with Gasteiger partial charge in [0.25, 0.3) is 0 Å². The molecule has 0 aliphatic carbocycles. The Morgan fingerprint density at radius 3 is 2.75 bits per heavy atom. The van der Waals surface area contributed by atoms with Crippen LogP contribution in [0.5, 0.6) is 0 Å². The first-order valence-corrected chi connectivity index (χ1v) is 8.88. The van der Waals surface area contributed by atoms with E-state index >= 15 is 0 Å². The van der Waals surface area contributed by atoms with Crippen molar-refractivity contribution < 1.29 is 4.79 Å². The van der Waals surface area contributed by atoms with E-state index in [-0.39, 0.29) is 11.8 Å². The third kappa shape index (κ3) is 3.33. The molecular formula is C18H22N4OS. The van der Waals surface area contributed by atoms with Gasteiger partial charge < -0.3 is 5.32 Å². The number of nitrogens with zero attached hydrogens (tertiary/aromatic N) is 3. The lowest BCUT2D eigenvalue weighted by Gasteiger charge is -2.12. The van der Waals surface area contributed by atoms with Gasteiger partial charge in [-0.25, -0.2) is 4.98 Å². The molecule has 3 rings (SSSR count). The van der Waals surface area contributed by atoms with Crippen LogP contribution in [0, 0.1) is 19.8 Å². The van der Waals surface area contributed by atoms with Crippen LogP contribution >= 0.6 is 11.3 Å². The summed E-state index contributed by atoms with van der Waals surface area (Å²) in [6.07, 6.45) is 0.706. The van der Waals surface area contributed by atoms with Crippen LogP contribution in [0.1, 0.15) is 28.9 Å². The number of para-hydroxylation sites is 1. The van der Waals surface area contributed by atoms with Crippen molar-refractivity contribution in [2.75, 3.05) is 0 Å². The van der Waals surface area contributed by atoms with Gasteiger partial charge in [0.15, 0.2) is 0 Å². The normalized spacial score (nSPS) is 12.5. The number of thiazole rings is 1. The number of carbonyl (C=O) groups is 1. The quantitative estimate of drug-likeness (QED) is 0.775. The monoisotopic (exact) mass is 342 g/mol. The summed E-state index contributed by atoms with van der Waals surface area (Å²) in [7, 11) is 1.93. The molecule has 1 unspecified atom stereocenters. The van der Waals surface area contributed by atoms with Crippen molar-refractivity contribution in [3.05, 3.63) is 46.2 Å². The van der Waals surface area contributed by atoms with Gasteiger partial charge in [-0.15, -0.1) is 11.3 Å². The van der Waals surface area contributed by atoms with E-state index in [0.29, 0.717) is 13.0 Å². The SMILES string of the molecule is Cc1nn(C)c(C)c1CC(C)C(=O)NCc1nc2ccccc2s1. The van der Waals surface area contributed by atoms with Crippen LogP contribution in [-0.2, 0) is 24.8 Å². The summed E-state index contributed by atoms with van der Waals surface area (Å²) in [5, 5.41) is 8.36. The predicted molar refractivity (Wildman–Crippen MR) is 97.0 cm³/mol. The minimum absolute atomic E-state index is 0.0527. The topological polar surface area (TPSA) is 59.8 Å². The summed E-state index contributed by atoms with van der Waals surface area (Å²) in [5.74, 6) is -0.0436. The number of carbonyl (C=O) groups excluding carboxylic acids is 1. The number of hydrogen-bond donors (Lipinski definition) is 1. The van der Waals surface area contributed by atoms with Crippen LogP contribution in [0.3, 0.4) is 0 Å². The number of benzene rings is 1. The van der Waals surface area contributed by atoms with Crippen LogP contribution in [-0.4, -0.2) is 20.7 Å². The number of amides is 1. The van der Waals surface area contributed by atoms with E-state index in [1.54, 1.807) is 11.3 Å². The fourth-order valence-corrected chi connectivity index (χ4v) is 3.75. The largest absolute Gasteiger partial charge is 0.349 e. The molecule has 1 aromatic carbocycles. The maximum Gasteiger partial charge on any atom is 0.223 e. The number of fused-ring (bicyclic) bond motifs is 1. The Labute approximate surface area is 145 Å². The van der Waals surface area contributed by atoms with Gasteiger partial charge >= 0.3 is 0 Å². The van der Waals surface area contributed by atoms with E-state index in [0.717, 1.165) is 26.6 Å². The third-order valence-corrected chi connectivity index (χ3v) is 5.41. The van der Waals surface area contributed by atoms with Crippen molar-refractivity contribution in [1.29, 1.82) is 0 Å². The van der Waals surface area contributed by atoms with Gasteiger partial charge in [-0.05, 0) is 38.0 Å². The van der Waals surface area contributed by atoms with Crippen molar-refractivity contribution in [2.24, 2.45) is 13.0 Å². The molecule has 1 atom stereocenters. The standard InChI is InChI=1S/C18H22N4OS/c1-11(9-14-12(2)21-22(4)13(14)3)18(23)19-10-17-20-15-7-5-6-8-16(15)24-17/h5-8,11H,9-10H2,1-4H3,(H,19,23). The van der Waals surface area contributed by atoms with E-state index in [1.165, 1.54) is 5.56 Å². The highest BCUT2D eigenvalue weighted by Gasteiger charge is 2.18. The number of aromatic nitrogens is 3. The summed E-state index contributed by atoms with van der Waals surface area (Å²) in [4.78, 5) is 17.0. The van der Waals surface area contributed by atoms with Crippen molar-refractivity contribution in [3.8, 4) is 0 Å². The molecule has 2 aromatic heterocycles. The summed E-state index contributed by atoms with van der Waals surface area (Å²) in [6, 6.07) is 8.03. The second-order valence-electron chi connectivity index (χ2n) is 6.17. The van der Waals surface area contributed by atoms with Crippen molar-refractivity contribution in [2.45, 2.75) is 33.7 Å². The fourth-order valence-electron chi connectivity index (χ4n) is 2.84. The molecule has 1 amide bonds. The molecule has 0 aliphatic rings. The molecule has 0 radical (unpaired) electrons. The van der Waals surface area contributed by atoms with E-state index in [2.05, 4.69) is 21.5 Å². The van der Waals surface area contributed by atoms with E-state index in [4.69, 9.17) is 0 Å². The zero-order valence-corrected chi connectivity index (χ0v) is 15.3. The van der Waals surface area contributed by atoms with E-state index < -0.39 is 0 Å². The molecule has 2 heterocycles. The Kier molecular flexibility index (Phi) is 4.66. The molecule has 24 heavy (non-hydrogen) atoms. The Bertz CT molecular complexity index is 847. The van der Waals surface area contributed by atoms with Crippen LogP contribution in [0.4, 0.5) is 0 Å². The average Bonchev–Trinajstić information content (AvgIpc) is 3.08. The highest BCUT2D eigenvalue weighted by Crippen LogP contribution is 2.21. The van der Waals surface area contributed by atoms with Crippen LogP contribution in [0.15, 0.2) is 24.3 Å². The average molecular weight is 342 g/mol. The minimum atomic E-state index is -0.0963. The molecule has 126 valence electrons. The summed E-state index contributed by atoms with van der Waals surface area (Å²) in [5.41, 5.74) is 4.28. The van der Waals surface area contributed by atoms with Crippen molar-refractivity contribution in [3.63, 3.8) is 0 Å². The first kappa shape index (κ1) is 16.6. The molecule has 0 saturated heterocycles. The van der Waals surface area contributed by atoms with Crippen LogP contribution in [0.25, 0.3) is 10.2 Å². The lowest BCUT2D eigenvalue weighted by atomic mass is 9.99. The zero-order chi connectivity index (χ0) is 17.3. The number of rotatable bonds is 5. The molecule has 0 aliphatic heterocycles. The van der Waals surface area contributed by atoms with Crippen LogP contribution < -0.4 is 5.32 Å². The molecular weight excluding hydrogens is 320 g/mol. The first-order valence-electron chi connectivity index (χ1n) is 8.07. The zero-order valence-electron chi connectivity index (χ0n) is 14.5. The maximum atomic E-state index is 12.4. The van der Waals surface area contributed by atoms with E-state index in [1.807, 2.05) is 50.7 Å². The number of hydrogen-bond acceptors (Lipinski definition) is 4. The smallest absolute Gasteiger partial charge is 0.223 e. The molecule has 5 nitrogen and oxygen atoms in total. The summed E-state index contributed by atoms with van der Waals surface area (Å²) >= 11 is 1.62. The molecule has 3 aromatic rings. The second-order valence-corrected chi connectivity index (χ2v) is 7.29. The molecule has 0 saturated carbocycles. The van der Waals surface area contributed by atoms with Gasteiger partial charge in [-0.3, -0.25) is 9.48 Å². The Balaban J connectivity index is 1.61. The summed E-state index contributed by atoms with van der Waals surface area (Å²) in [6.45, 7) is 6.47. The van der Waals surface area contributed by atoms with Gasteiger partial charge in [0.2, 0.25) is 5.91 Å². The van der Waals surface area contributed by atoms with Crippen molar-refractivity contribution in [1.82, 2.24) is 20.1 Å². The van der Waals surface area contributed by atoms with Gasteiger partial charge in [-0.2, -0.15) is 5.10 Å². The van der Waals surface area contributed by atoms with Gasteiger partial charge in [0.1, 0.15) is 5.01 Å². The lowest BCUT2D eigenvalue weighted by Crippen LogP contribution is -2.30. The van der Waals surface area contributed by atoms with E-state index in [9.17, 15) is 4.79 Å². The molecule has 0 fully saturated rings. The second kappa shape index (κ2) is 6.73. The fraction of sp³-hybridized carbons (Fsp3) is 0.389. The van der Waals surface area contributed by atoms with Gasteiger partial charge in [0, 0.05) is 18.7 Å². The molecule has 1 N–H and O–H groups in total. The van der Waals surface area contributed by atoms with Crippen molar-refractivity contribution >= 4 is 27.5 Å². The highest BCUT2D eigenvalue weighted by atomic mass is 32.1. The predicted octanol–water partition coefficient (Wildman–Crippen LogP) is 3.14. The molecule has 0 spiro atoms. The third-order valence-electron chi connectivity index (χ3n) is 4.37. The Hall–Kier alpha value is -2.21. The Morgan fingerprint density at radius 1 is 1.33 bits per heavy atom. The molecule has 0 bridgehead atoms. The molecule has 6 heteroatoms. The van der Waals surface area contributed by atoms with Gasteiger partial charge in [-0.1, -0.05) is 19.1 Å². The minimum Gasteiger partial charge on any atom is -0.349 e. The highest BCUT2D eigenvalue weighted by molar-refractivity contribution is 7.18. The summed E-state index contributed by atoms with van der Waals surface area (Å²) < 4.78 is 3.02. The number of nitrogens with one attached hydrogen (secondary N) is 1. The lowest BCUT2D eigenvalue weighted by molar-refractivity contribution is -0.124. The maximum absolute atomic E-state index is 12.4. The number of aryl methyl sites for hydroxylation is 2. The Morgan fingerprint density at radius 2 is 2.08 bits per heavy atom.